The smallest absolute Gasteiger partial charge is 0.210 e. The van der Waals surface area contributed by atoms with Crippen molar-refractivity contribution < 1.29 is 4.74 Å². The van der Waals surface area contributed by atoms with Gasteiger partial charge in [0.2, 0.25) is 5.16 Å². The summed E-state index contributed by atoms with van der Waals surface area (Å²) in [6.45, 7) is 0. The first-order valence-electron chi connectivity index (χ1n) is 6.80. The molecule has 0 unspecified atom stereocenters. The molecule has 0 spiro atoms. The Morgan fingerprint density at radius 3 is 2.55 bits per heavy atom. The molecular formula is C16H16N4OS. The molecule has 0 aliphatic rings. The summed E-state index contributed by atoms with van der Waals surface area (Å²) in [4.78, 5) is 0. The number of para-hydroxylation sites is 1. The van der Waals surface area contributed by atoms with Gasteiger partial charge < -0.3 is 10.6 Å². The standard InChI is InChI=1S/C16H16N4OS/c1-21-14-10-6-5-9-13(14)15-18-19-16(20(15)17)22-11-12-7-3-2-4-8-12/h2-10H,11,17H2,1H3. The second kappa shape index (κ2) is 6.53. The third-order valence-corrected chi connectivity index (χ3v) is 4.24. The Kier molecular flexibility index (Phi) is 4.29. The molecule has 0 radical (unpaired) electrons. The topological polar surface area (TPSA) is 66.0 Å². The van der Waals surface area contributed by atoms with Crippen molar-refractivity contribution in [2.45, 2.75) is 10.9 Å². The molecule has 3 rings (SSSR count). The van der Waals surface area contributed by atoms with E-state index in [2.05, 4.69) is 22.3 Å². The minimum Gasteiger partial charge on any atom is -0.496 e. The van der Waals surface area contributed by atoms with Crippen LogP contribution in [0, 0.1) is 0 Å². The highest BCUT2D eigenvalue weighted by molar-refractivity contribution is 7.98. The first-order chi connectivity index (χ1) is 10.8. The molecule has 1 aromatic heterocycles. The number of aromatic nitrogens is 3. The summed E-state index contributed by atoms with van der Waals surface area (Å²) in [6.07, 6.45) is 0. The number of ether oxygens (including phenoxy) is 1. The zero-order valence-corrected chi connectivity index (χ0v) is 13.0. The van der Waals surface area contributed by atoms with Crippen LogP contribution in [0.2, 0.25) is 0 Å². The fraction of sp³-hybridized carbons (Fsp3) is 0.125. The molecule has 5 nitrogen and oxygen atoms in total. The van der Waals surface area contributed by atoms with E-state index in [0.29, 0.717) is 11.0 Å². The molecule has 1 heterocycles. The normalized spacial score (nSPS) is 10.6. The predicted octanol–water partition coefficient (Wildman–Crippen LogP) is 2.96. The molecule has 2 aromatic carbocycles. The quantitative estimate of drug-likeness (QED) is 0.579. The van der Waals surface area contributed by atoms with Crippen molar-refractivity contribution in [1.29, 1.82) is 0 Å². The molecule has 0 amide bonds. The van der Waals surface area contributed by atoms with E-state index in [0.717, 1.165) is 17.1 Å². The van der Waals surface area contributed by atoms with Crippen molar-refractivity contribution in [3.05, 3.63) is 60.2 Å². The van der Waals surface area contributed by atoms with E-state index < -0.39 is 0 Å². The number of benzene rings is 2. The first-order valence-corrected chi connectivity index (χ1v) is 7.78. The van der Waals surface area contributed by atoms with Crippen molar-refractivity contribution in [1.82, 2.24) is 14.9 Å². The van der Waals surface area contributed by atoms with E-state index in [4.69, 9.17) is 10.6 Å². The fourth-order valence-corrected chi connectivity index (χ4v) is 2.92. The molecule has 2 N–H and O–H groups in total. The highest BCUT2D eigenvalue weighted by Crippen LogP contribution is 2.30. The molecule has 0 fully saturated rings. The Morgan fingerprint density at radius 2 is 1.77 bits per heavy atom. The second-order valence-corrected chi connectivity index (χ2v) is 5.59. The Hall–Kier alpha value is -2.47. The summed E-state index contributed by atoms with van der Waals surface area (Å²) >= 11 is 1.55. The van der Waals surface area contributed by atoms with Gasteiger partial charge >= 0.3 is 0 Å². The van der Waals surface area contributed by atoms with Crippen molar-refractivity contribution in [3.8, 4) is 17.1 Å². The fourth-order valence-electron chi connectivity index (χ4n) is 2.11. The summed E-state index contributed by atoms with van der Waals surface area (Å²) in [5.41, 5.74) is 2.04. The van der Waals surface area contributed by atoms with Crippen molar-refractivity contribution in [2.75, 3.05) is 13.0 Å². The first kappa shape index (κ1) is 14.5. The van der Waals surface area contributed by atoms with Gasteiger partial charge in [-0.2, -0.15) is 0 Å². The van der Waals surface area contributed by atoms with Gasteiger partial charge in [0.1, 0.15) is 5.75 Å². The summed E-state index contributed by atoms with van der Waals surface area (Å²) in [5.74, 6) is 8.25. The van der Waals surface area contributed by atoms with Crippen LogP contribution >= 0.6 is 11.8 Å². The molecule has 0 aliphatic carbocycles. The van der Waals surface area contributed by atoms with Gasteiger partial charge in [-0.3, -0.25) is 0 Å². The van der Waals surface area contributed by atoms with Crippen molar-refractivity contribution in [2.24, 2.45) is 0 Å². The van der Waals surface area contributed by atoms with Gasteiger partial charge in [0.25, 0.3) is 0 Å². The predicted molar refractivity (Wildman–Crippen MR) is 88.2 cm³/mol. The summed E-state index contributed by atoms with van der Waals surface area (Å²) in [5, 5.41) is 9.04. The number of nitrogens with zero attached hydrogens (tertiary/aromatic N) is 3. The van der Waals surface area contributed by atoms with Gasteiger partial charge in [0.05, 0.1) is 12.7 Å². The SMILES string of the molecule is COc1ccccc1-c1nnc(SCc2ccccc2)n1N. The lowest BCUT2D eigenvalue weighted by molar-refractivity contribution is 0.416. The van der Waals surface area contributed by atoms with E-state index in [9.17, 15) is 0 Å². The lowest BCUT2D eigenvalue weighted by Crippen LogP contribution is -2.11. The number of hydrogen-bond acceptors (Lipinski definition) is 5. The third-order valence-electron chi connectivity index (χ3n) is 3.22. The third kappa shape index (κ3) is 2.92. The largest absolute Gasteiger partial charge is 0.496 e. The number of thioether (sulfide) groups is 1. The second-order valence-electron chi connectivity index (χ2n) is 4.65. The van der Waals surface area contributed by atoms with Crippen LogP contribution in [0.1, 0.15) is 5.56 Å². The van der Waals surface area contributed by atoms with Gasteiger partial charge in [0.15, 0.2) is 5.82 Å². The molecule has 0 saturated carbocycles. The Morgan fingerprint density at radius 1 is 1.05 bits per heavy atom. The summed E-state index contributed by atoms with van der Waals surface area (Å²) in [7, 11) is 1.63. The van der Waals surface area contributed by atoms with E-state index in [1.807, 2.05) is 42.5 Å². The van der Waals surface area contributed by atoms with Gasteiger partial charge in [-0.25, -0.2) is 4.68 Å². The van der Waals surface area contributed by atoms with Crippen LogP contribution in [-0.4, -0.2) is 22.0 Å². The number of nitrogens with two attached hydrogens (primary N) is 1. The van der Waals surface area contributed by atoms with Crippen LogP contribution in [0.3, 0.4) is 0 Å². The average molecular weight is 312 g/mol. The maximum Gasteiger partial charge on any atom is 0.210 e. The summed E-state index contributed by atoms with van der Waals surface area (Å²) in [6, 6.07) is 17.8. The van der Waals surface area contributed by atoms with E-state index in [1.54, 1.807) is 18.9 Å². The highest BCUT2D eigenvalue weighted by atomic mass is 32.2. The van der Waals surface area contributed by atoms with Gasteiger partial charge in [-0.1, -0.05) is 54.2 Å². The number of methoxy groups -OCH3 is 1. The van der Waals surface area contributed by atoms with Crippen LogP contribution in [0.4, 0.5) is 0 Å². The van der Waals surface area contributed by atoms with Crippen LogP contribution in [-0.2, 0) is 5.75 Å². The molecule has 0 bridgehead atoms. The number of hydrogen-bond donors (Lipinski definition) is 1. The minimum atomic E-state index is 0.591. The lowest BCUT2D eigenvalue weighted by Gasteiger charge is -2.07. The number of nitrogen functional groups attached to an aromatic ring is 1. The maximum atomic E-state index is 6.14. The van der Waals surface area contributed by atoms with Gasteiger partial charge in [0, 0.05) is 5.75 Å². The molecule has 0 saturated heterocycles. The molecule has 3 aromatic rings. The molecule has 0 atom stereocenters. The van der Waals surface area contributed by atoms with Gasteiger partial charge in [-0.15, -0.1) is 10.2 Å². The molecule has 112 valence electrons. The number of rotatable bonds is 5. The lowest BCUT2D eigenvalue weighted by atomic mass is 10.2. The average Bonchev–Trinajstić information content (AvgIpc) is 2.94. The van der Waals surface area contributed by atoms with Crippen LogP contribution in [0.25, 0.3) is 11.4 Å². The highest BCUT2D eigenvalue weighted by Gasteiger charge is 2.15. The van der Waals surface area contributed by atoms with Crippen molar-refractivity contribution >= 4 is 11.8 Å². The Balaban J connectivity index is 1.83. The monoisotopic (exact) mass is 312 g/mol. The Bertz CT molecular complexity index is 758. The molecular weight excluding hydrogens is 296 g/mol. The van der Waals surface area contributed by atoms with Crippen LogP contribution in [0.5, 0.6) is 5.75 Å². The molecule has 0 aliphatic heterocycles. The van der Waals surface area contributed by atoms with E-state index in [-0.39, 0.29) is 0 Å². The Labute approximate surface area is 133 Å². The van der Waals surface area contributed by atoms with Crippen LogP contribution < -0.4 is 10.6 Å². The molecule has 6 heteroatoms. The minimum absolute atomic E-state index is 0.591. The van der Waals surface area contributed by atoms with E-state index in [1.165, 1.54) is 10.2 Å². The van der Waals surface area contributed by atoms with Gasteiger partial charge in [-0.05, 0) is 17.7 Å². The van der Waals surface area contributed by atoms with Crippen LogP contribution in [0.15, 0.2) is 59.8 Å². The zero-order chi connectivity index (χ0) is 15.4. The molecule has 22 heavy (non-hydrogen) atoms. The maximum absolute atomic E-state index is 6.14. The van der Waals surface area contributed by atoms with E-state index >= 15 is 0 Å². The zero-order valence-electron chi connectivity index (χ0n) is 12.1. The summed E-state index contributed by atoms with van der Waals surface area (Å²) < 4.78 is 6.86. The van der Waals surface area contributed by atoms with Crippen molar-refractivity contribution in [3.63, 3.8) is 0 Å².